The van der Waals surface area contributed by atoms with Gasteiger partial charge in [-0.2, -0.15) is 0 Å². The van der Waals surface area contributed by atoms with E-state index < -0.39 is 11.2 Å². The van der Waals surface area contributed by atoms with Gasteiger partial charge in [-0.1, -0.05) is 6.92 Å². The molecule has 0 aromatic carbocycles. The number of rotatable bonds is 4. The highest BCUT2D eigenvalue weighted by atomic mass is 32.1. The lowest BCUT2D eigenvalue weighted by atomic mass is 10.1. The molecule has 2 aromatic heterocycles. The Morgan fingerprint density at radius 2 is 2.00 bits per heavy atom. The van der Waals surface area contributed by atoms with E-state index in [1.54, 1.807) is 5.38 Å². The highest BCUT2D eigenvalue weighted by molar-refractivity contribution is 7.14. The number of anilines is 2. The van der Waals surface area contributed by atoms with Crippen molar-refractivity contribution in [2.45, 2.75) is 46.2 Å². The zero-order chi connectivity index (χ0) is 17.4. The number of aromatic nitrogens is 3. The number of hydrogen-bond acceptors (Lipinski definition) is 6. The van der Waals surface area contributed by atoms with E-state index in [2.05, 4.69) is 10.3 Å². The molecule has 2 rings (SSSR count). The fourth-order valence-corrected chi connectivity index (χ4v) is 3.14. The second-order valence-corrected chi connectivity index (χ2v) is 7.33. The minimum Gasteiger partial charge on any atom is -0.384 e. The predicted molar refractivity (Wildman–Crippen MR) is 95.1 cm³/mol. The quantitative estimate of drug-likeness (QED) is 0.888. The van der Waals surface area contributed by atoms with Crippen LogP contribution < -0.4 is 22.3 Å². The summed E-state index contributed by atoms with van der Waals surface area (Å²) in [5, 5.41) is 5.76. The zero-order valence-electron chi connectivity index (χ0n) is 14.1. The minimum absolute atomic E-state index is 0.132. The molecule has 0 aliphatic heterocycles. The number of nitrogens with one attached hydrogen (secondary N) is 1. The Kier molecular flexibility index (Phi) is 4.65. The maximum atomic E-state index is 12.5. The lowest BCUT2D eigenvalue weighted by molar-refractivity contribution is 0.600. The fourth-order valence-electron chi connectivity index (χ4n) is 2.23. The third kappa shape index (κ3) is 3.47. The Morgan fingerprint density at radius 1 is 1.35 bits per heavy atom. The molecular formula is C15H23N5O2S. The third-order valence-corrected chi connectivity index (χ3v) is 4.03. The summed E-state index contributed by atoms with van der Waals surface area (Å²) in [5.41, 5.74) is 5.91. The molecule has 0 amide bonds. The summed E-state index contributed by atoms with van der Waals surface area (Å²) in [6.45, 7) is 8.50. The van der Waals surface area contributed by atoms with E-state index in [-0.39, 0.29) is 16.9 Å². The van der Waals surface area contributed by atoms with Crippen LogP contribution in [0.2, 0.25) is 0 Å². The van der Waals surface area contributed by atoms with E-state index in [9.17, 15) is 9.59 Å². The molecule has 8 heteroatoms. The van der Waals surface area contributed by atoms with Crippen molar-refractivity contribution in [1.29, 1.82) is 0 Å². The topological polar surface area (TPSA) is 94.9 Å². The Bertz CT molecular complexity index is 826. The molecule has 2 heterocycles. The molecular weight excluding hydrogens is 314 g/mol. The summed E-state index contributed by atoms with van der Waals surface area (Å²) in [5.74, 6) is 0.174. The molecule has 23 heavy (non-hydrogen) atoms. The van der Waals surface area contributed by atoms with Gasteiger partial charge >= 0.3 is 5.69 Å². The maximum absolute atomic E-state index is 12.5. The SMILES string of the molecule is CCCn1c(N)c(-c2csc(NC(C)(C)C)n2)c(=O)n(C)c1=O. The van der Waals surface area contributed by atoms with Gasteiger partial charge in [0.2, 0.25) is 0 Å². The van der Waals surface area contributed by atoms with Crippen LogP contribution in [0.3, 0.4) is 0 Å². The van der Waals surface area contributed by atoms with Gasteiger partial charge in [0.1, 0.15) is 11.4 Å². The molecule has 0 radical (unpaired) electrons. The van der Waals surface area contributed by atoms with E-state index in [0.29, 0.717) is 17.4 Å². The zero-order valence-corrected chi connectivity index (χ0v) is 15.0. The second kappa shape index (κ2) is 6.19. The molecule has 0 bridgehead atoms. The van der Waals surface area contributed by atoms with Crippen molar-refractivity contribution in [3.63, 3.8) is 0 Å². The third-order valence-electron chi connectivity index (χ3n) is 3.27. The van der Waals surface area contributed by atoms with Crippen molar-refractivity contribution >= 4 is 22.3 Å². The van der Waals surface area contributed by atoms with E-state index in [1.807, 2.05) is 27.7 Å². The first-order valence-corrected chi connectivity index (χ1v) is 8.37. The lowest BCUT2D eigenvalue weighted by Gasteiger charge is -2.19. The Labute approximate surface area is 138 Å². The molecule has 0 spiro atoms. The molecule has 0 saturated carbocycles. The summed E-state index contributed by atoms with van der Waals surface area (Å²) in [6.07, 6.45) is 0.746. The highest BCUT2D eigenvalue weighted by Gasteiger charge is 2.20. The smallest absolute Gasteiger partial charge is 0.332 e. The van der Waals surface area contributed by atoms with Crippen LogP contribution in [-0.2, 0) is 13.6 Å². The standard InChI is InChI=1S/C15H23N5O2S/c1-6-7-20-11(16)10(12(21)19(5)14(20)22)9-8-23-13(17-9)18-15(2,3)4/h8H,6-7,16H2,1-5H3,(H,17,18). The lowest BCUT2D eigenvalue weighted by Crippen LogP contribution is -2.40. The average molecular weight is 337 g/mol. The number of nitrogens with zero attached hydrogens (tertiary/aromatic N) is 3. The highest BCUT2D eigenvalue weighted by Crippen LogP contribution is 2.27. The van der Waals surface area contributed by atoms with Crippen LogP contribution >= 0.6 is 11.3 Å². The molecule has 3 N–H and O–H groups in total. The molecule has 0 saturated heterocycles. The molecule has 0 unspecified atom stereocenters. The number of hydrogen-bond donors (Lipinski definition) is 2. The van der Waals surface area contributed by atoms with Gasteiger partial charge in [0, 0.05) is 24.5 Å². The van der Waals surface area contributed by atoms with Crippen LogP contribution in [0, 0.1) is 0 Å². The van der Waals surface area contributed by atoms with Crippen LogP contribution in [0.15, 0.2) is 15.0 Å². The van der Waals surface area contributed by atoms with Gasteiger partial charge in [0.25, 0.3) is 5.56 Å². The number of nitrogen functional groups attached to an aromatic ring is 1. The Morgan fingerprint density at radius 3 is 2.57 bits per heavy atom. The van der Waals surface area contributed by atoms with Gasteiger partial charge in [-0.3, -0.25) is 13.9 Å². The predicted octanol–water partition coefficient (Wildman–Crippen LogP) is 1.87. The van der Waals surface area contributed by atoms with Gasteiger partial charge < -0.3 is 11.1 Å². The first-order valence-electron chi connectivity index (χ1n) is 7.49. The molecule has 0 aliphatic rings. The Hall–Kier alpha value is -2.09. The normalized spacial score (nSPS) is 11.7. The molecule has 0 atom stereocenters. The average Bonchev–Trinajstić information content (AvgIpc) is 2.87. The van der Waals surface area contributed by atoms with E-state index >= 15 is 0 Å². The summed E-state index contributed by atoms with van der Waals surface area (Å²) in [7, 11) is 1.46. The van der Waals surface area contributed by atoms with Crippen LogP contribution in [-0.4, -0.2) is 19.7 Å². The molecule has 0 fully saturated rings. The summed E-state index contributed by atoms with van der Waals surface area (Å²) < 4.78 is 2.50. The van der Waals surface area contributed by atoms with E-state index in [1.165, 1.54) is 23.0 Å². The maximum Gasteiger partial charge on any atom is 0.332 e. The van der Waals surface area contributed by atoms with Crippen molar-refractivity contribution < 1.29 is 0 Å². The summed E-state index contributed by atoms with van der Waals surface area (Å²) in [4.78, 5) is 29.1. The molecule has 126 valence electrons. The molecule has 0 aliphatic carbocycles. The minimum atomic E-state index is -0.424. The van der Waals surface area contributed by atoms with Crippen molar-refractivity contribution in [1.82, 2.24) is 14.1 Å². The first-order chi connectivity index (χ1) is 10.7. The summed E-state index contributed by atoms with van der Waals surface area (Å²) in [6, 6.07) is 0. The monoisotopic (exact) mass is 337 g/mol. The van der Waals surface area contributed by atoms with Crippen LogP contribution in [0.25, 0.3) is 11.3 Å². The van der Waals surface area contributed by atoms with Gasteiger partial charge in [0.05, 0.1) is 5.69 Å². The second-order valence-electron chi connectivity index (χ2n) is 6.47. The van der Waals surface area contributed by atoms with Gasteiger partial charge in [0.15, 0.2) is 5.13 Å². The van der Waals surface area contributed by atoms with Crippen LogP contribution in [0.5, 0.6) is 0 Å². The van der Waals surface area contributed by atoms with Crippen molar-refractivity contribution in [3.05, 3.63) is 26.2 Å². The first kappa shape index (κ1) is 17.3. The largest absolute Gasteiger partial charge is 0.384 e. The summed E-state index contributed by atoms with van der Waals surface area (Å²) >= 11 is 1.40. The van der Waals surface area contributed by atoms with Crippen molar-refractivity contribution in [2.75, 3.05) is 11.1 Å². The number of thiazole rings is 1. The molecule has 2 aromatic rings. The van der Waals surface area contributed by atoms with E-state index in [4.69, 9.17) is 5.73 Å². The van der Waals surface area contributed by atoms with Crippen LogP contribution in [0.1, 0.15) is 34.1 Å². The van der Waals surface area contributed by atoms with Gasteiger partial charge in [-0.15, -0.1) is 11.3 Å². The van der Waals surface area contributed by atoms with Crippen molar-refractivity contribution in [2.24, 2.45) is 7.05 Å². The fraction of sp³-hybridized carbons (Fsp3) is 0.533. The number of nitrogens with two attached hydrogens (primary N) is 1. The van der Waals surface area contributed by atoms with E-state index in [0.717, 1.165) is 11.0 Å². The van der Waals surface area contributed by atoms with Gasteiger partial charge in [-0.05, 0) is 27.2 Å². The van der Waals surface area contributed by atoms with Crippen LogP contribution in [0.4, 0.5) is 10.9 Å². The van der Waals surface area contributed by atoms with Crippen molar-refractivity contribution in [3.8, 4) is 11.3 Å². The van der Waals surface area contributed by atoms with Gasteiger partial charge in [-0.25, -0.2) is 9.78 Å². The Balaban J connectivity index is 2.60. The molecule has 7 nitrogen and oxygen atoms in total.